The third-order valence-electron chi connectivity index (χ3n) is 2.65. The summed E-state index contributed by atoms with van der Waals surface area (Å²) in [6.45, 7) is 0. The Bertz CT molecular complexity index is 276. The van der Waals surface area contributed by atoms with Gasteiger partial charge in [0.25, 0.3) is 0 Å². The van der Waals surface area contributed by atoms with Gasteiger partial charge in [0, 0.05) is 5.92 Å². The van der Waals surface area contributed by atoms with Gasteiger partial charge in [-0.25, -0.2) is 4.39 Å². The molecule has 0 radical (unpaired) electrons. The minimum absolute atomic E-state index is 0.122. The van der Waals surface area contributed by atoms with E-state index in [4.69, 9.17) is 0 Å². The third-order valence-corrected chi connectivity index (χ3v) is 2.65. The quantitative estimate of drug-likeness (QED) is 0.540. The zero-order chi connectivity index (χ0) is 8.55. The van der Waals surface area contributed by atoms with Crippen LogP contribution in [0.15, 0.2) is 23.6 Å². The lowest BCUT2D eigenvalue weighted by Gasteiger charge is -2.25. The van der Waals surface area contributed by atoms with Crippen LogP contribution in [0.2, 0.25) is 0 Å². The molecule has 12 heavy (non-hydrogen) atoms. The fraction of sp³-hybridized carbons (Fsp3) is 0.500. The van der Waals surface area contributed by atoms with E-state index < -0.39 is 5.83 Å². The van der Waals surface area contributed by atoms with Crippen LogP contribution < -0.4 is 0 Å². The maximum atomic E-state index is 12.8. The van der Waals surface area contributed by atoms with Crippen molar-refractivity contribution < 1.29 is 9.18 Å². The van der Waals surface area contributed by atoms with E-state index in [0.717, 1.165) is 31.3 Å². The van der Waals surface area contributed by atoms with Crippen LogP contribution in [0.1, 0.15) is 25.7 Å². The highest BCUT2D eigenvalue weighted by Gasteiger charge is 2.30. The second-order valence-electron chi connectivity index (χ2n) is 3.42. The Hall–Kier alpha value is -0.920. The molecule has 2 heteroatoms. The van der Waals surface area contributed by atoms with Crippen LogP contribution in [-0.2, 0) is 4.79 Å². The van der Waals surface area contributed by atoms with Gasteiger partial charge in [-0.1, -0.05) is 18.1 Å². The molecule has 2 rings (SSSR count). The molecular weight excluding hydrogens is 155 g/mol. The minimum atomic E-state index is -0.564. The number of hydrogen-bond donors (Lipinski definition) is 0. The van der Waals surface area contributed by atoms with Gasteiger partial charge in [0.15, 0.2) is 11.6 Å². The van der Waals surface area contributed by atoms with Crippen molar-refractivity contribution in [1.29, 1.82) is 0 Å². The number of fused-ring (bicyclic) bond motifs is 1. The summed E-state index contributed by atoms with van der Waals surface area (Å²) in [4.78, 5) is 11.3. The van der Waals surface area contributed by atoms with Gasteiger partial charge >= 0.3 is 0 Å². The van der Waals surface area contributed by atoms with E-state index in [2.05, 4.69) is 0 Å². The summed E-state index contributed by atoms with van der Waals surface area (Å²) >= 11 is 0. The molecular formula is C10H11FO. The number of hydrogen-bond acceptors (Lipinski definition) is 1. The molecule has 1 fully saturated rings. The average molecular weight is 166 g/mol. The molecule has 0 aromatic heterocycles. The first kappa shape index (κ1) is 7.71. The van der Waals surface area contributed by atoms with Gasteiger partial charge in [-0.05, 0) is 25.3 Å². The SMILES string of the molecule is O=C1C(F)=CC=C2CCCCC12. The fourth-order valence-electron chi connectivity index (χ4n) is 1.96. The zero-order valence-corrected chi connectivity index (χ0v) is 6.85. The number of halogens is 1. The lowest BCUT2D eigenvalue weighted by atomic mass is 9.79. The van der Waals surface area contributed by atoms with Crippen molar-refractivity contribution in [2.75, 3.05) is 0 Å². The monoisotopic (exact) mass is 166 g/mol. The summed E-state index contributed by atoms with van der Waals surface area (Å²) in [5.74, 6) is -0.985. The Morgan fingerprint density at radius 2 is 2.17 bits per heavy atom. The van der Waals surface area contributed by atoms with E-state index in [1.165, 1.54) is 6.08 Å². The summed E-state index contributed by atoms with van der Waals surface area (Å²) < 4.78 is 12.8. The van der Waals surface area contributed by atoms with Gasteiger partial charge in [0.05, 0.1) is 0 Å². The van der Waals surface area contributed by atoms with E-state index in [1.807, 2.05) is 0 Å². The van der Waals surface area contributed by atoms with Crippen LogP contribution in [-0.4, -0.2) is 5.78 Å². The second kappa shape index (κ2) is 2.85. The largest absolute Gasteiger partial charge is 0.291 e. The van der Waals surface area contributed by atoms with E-state index in [-0.39, 0.29) is 11.7 Å². The van der Waals surface area contributed by atoms with Crippen LogP contribution in [0.5, 0.6) is 0 Å². The molecule has 64 valence electrons. The van der Waals surface area contributed by atoms with Crippen LogP contribution in [0, 0.1) is 5.92 Å². The number of carbonyl (C=O) groups excluding carboxylic acids is 1. The molecule has 1 unspecified atom stereocenters. The lowest BCUT2D eigenvalue weighted by Crippen LogP contribution is -2.22. The van der Waals surface area contributed by atoms with Crippen LogP contribution >= 0.6 is 0 Å². The molecule has 1 atom stereocenters. The summed E-state index contributed by atoms with van der Waals surface area (Å²) in [6.07, 6.45) is 7.10. The van der Waals surface area contributed by atoms with Crippen molar-refractivity contribution in [2.24, 2.45) is 5.92 Å². The normalized spacial score (nSPS) is 29.1. The molecule has 2 aliphatic rings. The van der Waals surface area contributed by atoms with Crippen molar-refractivity contribution >= 4 is 5.78 Å². The highest BCUT2D eigenvalue weighted by Crippen LogP contribution is 2.34. The first-order valence-corrected chi connectivity index (χ1v) is 4.39. The Balaban J connectivity index is 2.30. The van der Waals surface area contributed by atoms with Crippen LogP contribution in [0.25, 0.3) is 0 Å². The predicted octanol–water partition coefficient (Wildman–Crippen LogP) is 2.54. The fourth-order valence-corrected chi connectivity index (χ4v) is 1.96. The molecule has 0 saturated heterocycles. The van der Waals surface area contributed by atoms with Gasteiger partial charge in [-0.15, -0.1) is 0 Å². The third kappa shape index (κ3) is 1.11. The Morgan fingerprint density at radius 1 is 1.33 bits per heavy atom. The Morgan fingerprint density at radius 3 is 3.00 bits per heavy atom. The highest BCUT2D eigenvalue weighted by molar-refractivity contribution is 5.98. The number of rotatable bonds is 0. The van der Waals surface area contributed by atoms with Gasteiger partial charge in [0.2, 0.25) is 0 Å². The minimum Gasteiger partial charge on any atom is -0.291 e. The molecule has 0 spiro atoms. The number of carbonyl (C=O) groups is 1. The molecule has 2 aliphatic carbocycles. The van der Waals surface area contributed by atoms with Gasteiger partial charge in [-0.2, -0.15) is 0 Å². The van der Waals surface area contributed by atoms with Gasteiger partial charge < -0.3 is 0 Å². The van der Waals surface area contributed by atoms with Crippen LogP contribution in [0.3, 0.4) is 0 Å². The summed E-state index contributed by atoms with van der Waals surface area (Å²) in [7, 11) is 0. The molecule has 0 aromatic rings. The summed E-state index contributed by atoms with van der Waals surface area (Å²) in [5, 5.41) is 0. The average Bonchev–Trinajstić information content (AvgIpc) is 2.12. The Labute approximate surface area is 71.0 Å². The number of ketones is 1. The molecule has 0 aromatic carbocycles. The predicted molar refractivity (Wildman–Crippen MR) is 44.2 cm³/mol. The maximum absolute atomic E-state index is 12.8. The van der Waals surface area contributed by atoms with Crippen LogP contribution in [0.4, 0.5) is 4.39 Å². The van der Waals surface area contributed by atoms with E-state index in [0.29, 0.717) is 0 Å². The summed E-state index contributed by atoms with van der Waals surface area (Å²) in [6, 6.07) is 0. The first-order chi connectivity index (χ1) is 5.79. The number of Topliss-reactive ketones (excluding diaryl/α,β-unsaturated/α-hetero) is 1. The zero-order valence-electron chi connectivity index (χ0n) is 6.85. The second-order valence-corrected chi connectivity index (χ2v) is 3.42. The van der Waals surface area contributed by atoms with Crippen molar-refractivity contribution in [3.8, 4) is 0 Å². The summed E-state index contributed by atoms with van der Waals surface area (Å²) in [5.41, 5.74) is 1.13. The molecule has 0 aliphatic heterocycles. The van der Waals surface area contributed by atoms with E-state index in [9.17, 15) is 9.18 Å². The first-order valence-electron chi connectivity index (χ1n) is 4.39. The van der Waals surface area contributed by atoms with Gasteiger partial charge in [0.1, 0.15) is 0 Å². The molecule has 0 N–H and O–H groups in total. The number of allylic oxidation sites excluding steroid dienone is 4. The van der Waals surface area contributed by atoms with Crippen molar-refractivity contribution in [3.05, 3.63) is 23.6 Å². The highest BCUT2D eigenvalue weighted by atomic mass is 19.1. The smallest absolute Gasteiger partial charge is 0.198 e. The Kier molecular flexibility index (Phi) is 1.83. The topological polar surface area (TPSA) is 17.1 Å². The van der Waals surface area contributed by atoms with Crippen molar-refractivity contribution in [1.82, 2.24) is 0 Å². The lowest BCUT2D eigenvalue weighted by molar-refractivity contribution is -0.120. The van der Waals surface area contributed by atoms with Crippen molar-refractivity contribution in [2.45, 2.75) is 25.7 Å². The molecule has 0 heterocycles. The van der Waals surface area contributed by atoms with E-state index >= 15 is 0 Å². The molecule has 1 saturated carbocycles. The molecule has 0 bridgehead atoms. The van der Waals surface area contributed by atoms with E-state index in [1.54, 1.807) is 6.08 Å². The standard InChI is InChI=1S/C10H11FO/c11-9-6-5-7-3-1-2-4-8(7)10(9)12/h5-6,8H,1-4H2. The van der Waals surface area contributed by atoms with Crippen molar-refractivity contribution in [3.63, 3.8) is 0 Å². The molecule has 1 nitrogen and oxygen atoms in total. The van der Waals surface area contributed by atoms with Gasteiger partial charge in [-0.3, -0.25) is 4.79 Å². The molecule has 0 amide bonds. The maximum Gasteiger partial charge on any atom is 0.198 e.